The van der Waals surface area contributed by atoms with Crippen LogP contribution in [0.5, 0.6) is 0 Å². The lowest BCUT2D eigenvalue weighted by molar-refractivity contribution is -0.122. The average molecular weight is 394 g/mol. The van der Waals surface area contributed by atoms with Crippen molar-refractivity contribution >= 4 is 16.8 Å². The third-order valence-corrected chi connectivity index (χ3v) is 5.48. The van der Waals surface area contributed by atoms with Crippen LogP contribution in [0.25, 0.3) is 22.4 Å². The minimum atomic E-state index is -0.262. The van der Waals surface area contributed by atoms with Gasteiger partial charge < -0.3 is 9.84 Å². The Balaban J connectivity index is 1.68. The van der Waals surface area contributed by atoms with Gasteiger partial charge in [0.2, 0.25) is 5.91 Å². The molecule has 2 heterocycles. The molecule has 7 heteroatoms. The number of aromatic nitrogens is 3. The van der Waals surface area contributed by atoms with Gasteiger partial charge in [-0.3, -0.25) is 14.2 Å². The lowest BCUT2D eigenvalue weighted by Gasteiger charge is -2.23. The van der Waals surface area contributed by atoms with Gasteiger partial charge in [-0.15, -0.1) is 0 Å². The molecule has 29 heavy (non-hydrogen) atoms. The highest BCUT2D eigenvalue weighted by Crippen LogP contribution is 2.27. The summed E-state index contributed by atoms with van der Waals surface area (Å²) in [7, 11) is 0. The molecule has 7 nitrogen and oxygen atoms in total. The molecule has 0 unspecified atom stereocenters. The van der Waals surface area contributed by atoms with Crippen LogP contribution >= 0.6 is 0 Å². The Morgan fingerprint density at radius 2 is 2.00 bits per heavy atom. The minimum Gasteiger partial charge on any atom is -0.352 e. The highest BCUT2D eigenvalue weighted by Gasteiger charge is 2.20. The maximum Gasteiger partial charge on any atom is 0.258 e. The zero-order chi connectivity index (χ0) is 20.4. The first kappa shape index (κ1) is 19.4. The number of pyridine rings is 1. The van der Waals surface area contributed by atoms with Gasteiger partial charge in [0.25, 0.3) is 11.4 Å². The molecule has 1 aliphatic rings. The number of nitrogens with one attached hydrogen (secondary N) is 1. The summed E-state index contributed by atoms with van der Waals surface area (Å²) < 4.78 is 6.92. The number of amides is 1. The number of rotatable bonds is 5. The minimum absolute atomic E-state index is 0.00277. The molecule has 0 atom stereocenters. The Hall–Kier alpha value is -2.96. The third-order valence-electron chi connectivity index (χ3n) is 5.48. The van der Waals surface area contributed by atoms with E-state index in [0.29, 0.717) is 22.8 Å². The standard InChI is InChI=1S/C22H26N4O3/c1-14(2)21-24-22(29-25-21)17-12-20(28)26(18-11-7-6-10-16(17)18)13-19(27)23-15-8-4-3-5-9-15/h6-7,10-12,14-15H,3-5,8-9,13H2,1-2H3,(H,23,27). The van der Waals surface area contributed by atoms with E-state index < -0.39 is 0 Å². The Labute approximate surface area is 169 Å². The molecule has 0 bridgehead atoms. The second kappa shape index (κ2) is 8.19. The molecular formula is C22H26N4O3. The fourth-order valence-corrected chi connectivity index (χ4v) is 3.92. The number of para-hydroxylation sites is 1. The molecule has 0 radical (unpaired) electrons. The molecule has 1 fully saturated rings. The van der Waals surface area contributed by atoms with Crippen LogP contribution in [0.15, 0.2) is 39.6 Å². The maximum absolute atomic E-state index is 12.9. The second-order valence-electron chi connectivity index (χ2n) is 8.01. The lowest BCUT2D eigenvalue weighted by atomic mass is 9.95. The van der Waals surface area contributed by atoms with Crippen LogP contribution in [0.4, 0.5) is 0 Å². The predicted molar refractivity (Wildman–Crippen MR) is 111 cm³/mol. The fraction of sp³-hybridized carbons (Fsp3) is 0.455. The van der Waals surface area contributed by atoms with Gasteiger partial charge in [-0.05, 0) is 18.9 Å². The summed E-state index contributed by atoms with van der Waals surface area (Å²) in [4.78, 5) is 29.9. The zero-order valence-corrected chi connectivity index (χ0v) is 16.9. The molecule has 1 aliphatic carbocycles. The quantitative estimate of drug-likeness (QED) is 0.714. The molecule has 1 amide bonds. The average Bonchev–Trinajstić information content (AvgIpc) is 3.21. The molecule has 1 N–H and O–H groups in total. The Bertz CT molecular complexity index is 1080. The van der Waals surface area contributed by atoms with Crippen molar-refractivity contribution in [2.75, 3.05) is 0 Å². The van der Waals surface area contributed by atoms with E-state index in [1.54, 1.807) is 0 Å². The molecule has 1 aromatic carbocycles. The fourth-order valence-electron chi connectivity index (χ4n) is 3.92. The zero-order valence-electron chi connectivity index (χ0n) is 16.9. The summed E-state index contributed by atoms with van der Waals surface area (Å²) in [6.07, 6.45) is 5.54. The molecule has 0 saturated heterocycles. The maximum atomic E-state index is 12.9. The van der Waals surface area contributed by atoms with E-state index in [0.717, 1.165) is 31.1 Å². The van der Waals surface area contributed by atoms with Crippen molar-refractivity contribution in [1.82, 2.24) is 20.0 Å². The largest absolute Gasteiger partial charge is 0.352 e. The lowest BCUT2D eigenvalue weighted by Crippen LogP contribution is -2.39. The number of carbonyl (C=O) groups excluding carboxylic acids is 1. The molecule has 0 aliphatic heterocycles. The van der Waals surface area contributed by atoms with Crippen molar-refractivity contribution < 1.29 is 9.32 Å². The first-order chi connectivity index (χ1) is 14.0. The summed E-state index contributed by atoms with van der Waals surface area (Å²) in [6.45, 7) is 3.96. The van der Waals surface area contributed by atoms with Gasteiger partial charge >= 0.3 is 0 Å². The summed E-state index contributed by atoms with van der Waals surface area (Å²) in [6, 6.07) is 9.18. The predicted octanol–water partition coefficient (Wildman–Crippen LogP) is 3.62. The van der Waals surface area contributed by atoms with Gasteiger partial charge in [0.05, 0.1) is 11.1 Å². The van der Waals surface area contributed by atoms with Crippen molar-refractivity contribution in [2.24, 2.45) is 0 Å². The number of carbonyl (C=O) groups is 1. The van der Waals surface area contributed by atoms with Crippen LogP contribution in [0, 0.1) is 0 Å². The first-order valence-corrected chi connectivity index (χ1v) is 10.3. The van der Waals surface area contributed by atoms with E-state index in [1.807, 2.05) is 38.1 Å². The number of hydrogen-bond acceptors (Lipinski definition) is 5. The summed E-state index contributed by atoms with van der Waals surface area (Å²) >= 11 is 0. The van der Waals surface area contributed by atoms with E-state index in [4.69, 9.17) is 4.52 Å². The third kappa shape index (κ3) is 4.09. The summed E-state index contributed by atoms with van der Waals surface area (Å²) in [5.41, 5.74) is 1.01. The van der Waals surface area contributed by atoms with E-state index in [9.17, 15) is 9.59 Å². The number of nitrogens with zero attached hydrogens (tertiary/aromatic N) is 3. The highest BCUT2D eigenvalue weighted by molar-refractivity contribution is 5.93. The molecule has 152 valence electrons. The summed E-state index contributed by atoms with van der Waals surface area (Å²) in [5, 5.41) is 7.89. The normalized spacial score (nSPS) is 15.1. The molecule has 1 saturated carbocycles. The van der Waals surface area contributed by atoms with Crippen molar-refractivity contribution in [3.8, 4) is 11.5 Å². The number of benzene rings is 1. The monoisotopic (exact) mass is 394 g/mol. The molecule has 2 aromatic heterocycles. The van der Waals surface area contributed by atoms with Crippen LogP contribution in [0.1, 0.15) is 57.7 Å². The Morgan fingerprint density at radius 3 is 2.72 bits per heavy atom. The Kier molecular flexibility index (Phi) is 5.47. The van der Waals surface area contributed by atoms with Gasteiger partial charge in [-0.1, -0.05) is 56.5 Å². The highest BCUT2D eigenvalue weighted by atomic mass is 16.5. The van der Waals surface area contributed by atoms with Crippen LogP contribution in [-0.4, -0.2) is 26.7 Å². The van der Waals surface area contributed by atoms with Gasteiger partial charge in [0, 0.05) is 23.4 Å². The van der Waals surface area contributed by atoms with E-state index in [2.05, 4.69) is 15.5 Å². The van der Waals surface area contributed by atoms with Crippen molar-refractivity contribution in [3.63, 3.8) is 0 Å². The van der Waals surface area contributed by atoms with Gasteiger partial charge in [0.1, 0.15) is 6.54 Å². The SMILES string of the molecule is CC(C)c1noc(-c2cc(=O)n(CC(=O)NC3CCCCC3)c3ccccc23)n1. The molecule has 3 aromatic rings. The first-order valence-electron chi connectivity index (χ1n) is 10.3. The van der Waals surface area contributed by atoms with E-state index in [1.165, 1.54) is 17.1 Å². The van der Waals surface area contributed by atoms with Crippen LogP contribution < -0.4 is 10.9 Å². The molecule has 0 spiro atoms. The van der Waals surface area contributed by atoms with Gasteiger partial charge in [-0.25, -0.2) is 0 Å². The van der Waals surface area contributed by atoms with Crippen LogP contribution in [-0.2, 0) is 11.3 Å². The van der Waals surface area contributed by atoms with Crippen molar-refractivity contribution in [3.05, 3.63) is 46.5 Å². The van der Waals surface area contributed by atoms with E-state index >= 15 is 0 Å². The molecular weight excluding hydrogens is 368 g/mol. The second-order valence-corrected chi connectivity index (χ2v) is 8.01. The van der Waals surface area contributed by atoms with Crippen molar-refractivity contribution in [1.29, 1.82) is 0 Å². The smallest absolute Gasteiger partial charge is 0.258 e. The summed E-state index contributed by atoms with van der Waals surface area (Å²) in [5.74, 6) is 0.917. The Morgan fingerprint density at radius 1 is 1.24 bits per heavy atom. The number of fused-ring (bicyclic) bond motifs is 1. The van der Waals surface area contributed by atoms with Crippen molar-refractivity contribution in [2.45, 2.75) is 64.5 Å². The number of hydrogen-bond donors (Lipinski definition) is 1. The topological polar surface area (TPSA) is 90.0 Å². The van der Waals surface area contributed by atoms with Crippen LogP contribution in [0.3, 0.4) is 0 Å². The molecule has 4 rings (SSSR count). The van der Waals surface area contributed by atoms with Gasteiger partial charge in [0.15, 0.2) is 5.82 Å². The van der Waals surface area contributed by atoms with E-state index in [-0.39, 0.29) is 30.0 Å². The van der Waals surface area contributed by atoms with Gasteiger partial charge in [-0.2, -0.15) is 4.98 Å². The van der Waals surface area contributed by atoms with Crippen LogP contribution in [0.2, 0.25) is 0 Å².